The fraction of sp³-hybridized carbons (Fsp3) is 0.583. The minimum absolute atomic E-state index is 0.0823. The van der Waals surface area contributed by atoms with Gasteiger partial charge in [0.2, 0.25) is 5.88 Å². The van der Waals surface area contributed by atoms with Crippen molar-refractivity contribution in [1.29, 1.82) is 0 Å². The minimum atomic E-state index is -0.495. The van der Waals surface area contributed by atoms with Gasteiger partial charge in [-0.1, -0.05) is 19.3 Å². The molecule has 0 spiro atoms. The molecule has 0 atom stereocenters. The van der Waals surface area contributed by atoms with Crippen LogP contribution >= 0.6 is 0 Å². The average molecular weight is 251 g/mol. The number of anilines is 1. The molecule has 6 heteroatoms. The maximum absolute atomic E-state index is 10.7. The highest BCUT2D eigenvalue weighted by molar-refractivity contribution is 5.45. The standard InChI is InChI=1S/C12H17N3O3/c13-11-6-10(15(16)17)7-12(14-11)18-8-9-4-2-1-3-5-9/h6-7,9H,1-5,8H2,(H2,13,14). The van der Waals surface area contributed by atoms with Crippen molar-refractivity contribution >= 4 is 11.5 Å². The fourth-order valence-corrected chi connectivity index (χ4v) is 2.25. The van der Waals surface area contributed by atoms with E-state index in [0.717, 1.165) is 12.8 Å². The summed E-state index contributed by atoms with van der Waals surface area (Å²) in [7, 11) is 0. The van der Waals surface area contributed by atoms with Gasteiger partial charge in [0.15, 0.2) is 0 Å². The number of nitrogens with two attached hydrogens (primary N) is 1. The first-order valence-electron chi connectivity index (χ1n) is 6.20. The SMILES string of the molecule is Nc1cc([N+](=O)[O-])cc(OCC2CCCCC2)n1. The van der Waals surface area contributed by atoms with Gasteiger partial charge in [-0.05, 0) is 18.8 Å². The van der Waals surface area contributed by atoms with E-state index in [-0.39, 0.29) is 17.4 Å². The molecule has 1 aliphatic carbocycles. The molecule has 0 amide bonds. The molecule has 6 nitrogen and oxygen atoms in total. The van der Waals surface area contributed by atoms with E-state index in [0.29, 0.717) is 12.5 Å². The highest BCUT2D eigenvalue weighted by Crippen LogP contribution is 2.25. The topological polar surface area (TPSA) is 91.3 Å². The zero-order valence-corrected chi connectivity index (χ0v) is 10.2. The molecule has 0 aliphatic heterocycles. The number of nitrogens with zero attached hydrogens (tertiary/aromatic N) is 2. The summed E-state index contributed by atoms with van der Waals surface area (Å²) in [5.41, 5.74) is 5.43. The van der Waals surface area contributed by atoms with Gasteiger partial charge in [0.25, 0.3) is 5.69 Å². The summed E-state index contributed by atoms with van der Waals surface area (Å²) >= 11 is 0. The highest BCUT2D eigenvalue weighted by atomic mass is 16.6. The van der Waals surface area contributed by atoms with Crippen molar-refractivity contribution in [3.05, 3.63) is 22.2 Å². The lowest BCUT2D eigenvalue weighted by molar-refractivity contribution is -0.384. The number of hydrogen-bond donors (Lipinski definition) is 1. The summed E-state index contributed by atoms with van der Waals surface area (Å²) in [6.45, 7) is 0.563. The van der Waals surface area contributed by atoms with E-state index >= 15 is 0 Å². The molecular formula is C12H17N3O3. The van der Waals surface area contributed by atoms with Crippen LogP contribution in [0.1, 0.15) is 32.1 Å². The average Bonchev–Trinajstić information content (AvgIpc) is 2.37. The molecule has 1 saturated carbocycles. The molecule has 98 valence electrons. The van der Waals surface area contributed by atoms with E-state index in [2.05, 4.69) is 4.98 Å². The van der Waals surface area contributed by atoms with E-state index < -0.39 is 4.92 Å². The summed E-state index contributed by atoms with van der Waals surface area (Å²) in [5.74, 6) is 0.885. The van der Waals surface area contributed by atoms with Gasteiger partial charge in [-0.15, -0.1) is 0 Å². The minimum Gasteiger partial charge on any atom is -0.477 e. The molecule has 1 heterocycles. The zero-order chi connectivity index (χ0) is 13.0. The molecule has 18 heavy (non-hydrogen) atoms. The van der Waals surface area contributed by atoms with Crippen molar-refractivity contribution in [3.63, 3.8) is 0 Å². The van der Waals surface area contributed by atoms with Crippen LogP contribution in [0.15, 0.2) is 12.1 Å². The van der Waals surface area contributed by atoms with Crippen LogP contribution in [-0.4, -0.2) is 16.5 Å². The van der Waals surface area contributed by atoms with Crippen molar-refractivity contribution in [2.75, 3.05) is 12.3 Å². The third kappa shape index (κ3) is 3.32. The maximum Gasteiger partial charge on any atom is 0.278 e. The Labute approximate surface area is 105 Å². The van der Waals surface area contributed by atoms with Crippen LogP contribution in [0.5, 0.6) is 5.88 Å². The van der Waals surface area contributed by atoms with Gasteiger partial charge < -0.3 is 10.5 Å². The molecule has 0 aromatic carbocycles. The monoisotopic (exact) mass is 251 g/mol. The smallest absolute Gasteiger partial charge is 0.278 e. The Bertz CT molecular complexity index is 431. The normalized spacial score (nSPS) is 16.4. The van der Waals surface area contributed by atoms with Crippen LogP contribution < -0.4 is 10.5 Å². The summed E-state index contributed by atoms with van der Waals surface area (Å²) in [6, 6.07) is 2.55. The van der Waals surface area contributed by atoms with Crippen molar-refractivity contribution in [1.82, 2.24) is 4.98 Å². The Morgan fingerprint density at radius 2 is 2.11 bits per heavy atom. The van der Waals surface area contributed by atoms with E-state index in [1.165, 1.54) is 31.4 Å². The van der Waals surface area contributed by atoms with Gasteiger partial charge in [-0.2, -0.15) is 4.98 Å². The van der Waals surface area contributed by atoms with Crippen LogP contribution in [0.2, 0.25) is 0 Å². The second-order valence-electron chi connectivity index (χ2n) is 4.66. The molecule has 1 aromatic rings. The number of pyridine rings is 1. The summed E-state index contributed by atoms with van der Waals surface area (Å²) in [5, 5.41) is 10.7. The molecule has 0 saturated heterocycles. The Morgan fingerprint density at radius 3 is 2.78 bits per heavy atom. The largest absolute Gasteiger partial charge is 0.477 e. The lowest BCUT2D eigenvalue weighted by Crippen LogP contribution is -2.15. The summed E-state index contributed by atoms with van der Waals surface area (Å²) in [4.78, 5) is 14.1. The quantitative estimate of drug-likeness (QED) is 0.655. The van der Waals surface area contributed by atoms with Gasteiger partial charge in [-0.3, -0.25) is 10.1 Å². The van der Waals surface area contributed by atoms with Crippen molar-refractivity contribution in [3.8, 4) is 5.88 Å². The van der Waals surface area contributed by atoms with E-state index in [4.69, 9.17) is 10.5 Å². The molecule has 2 N–H and O–H groups in total. The third-order valence-corrected chi connectivity index (χ3v) is 3.21. The van der Waals surface area contributed by atoms with E-state index in [9.17, 15) is 10.1 Å². The second kappa shape index (κ2) is 5.66. The molecule has 1 aromatic heterocycles. The molecule has 0 unspecified atom stereocenters. The first kappa shape index (κ1) is 12.6. The molecule has 1 fully saturated rings. The van der Waals surface area contributed by atoms with Gasteiger partial charge in [-0.25, -0.2) is 0 Å². The lowest BCUT2D eigenvalue weighted by atomic mass is 9.90. The summed E-state index contributed by atoms with van der Waals surface area (Å²) < 4.78 is 5.52. The van der Waals surface area contributed by atoms with Crippen molar-refractivity contribution in [2.24, 2.45) is 5.92 Å². The number of nitrogen functional groups attached to an aromatic ring is 1. The Balaban J connectivity index is 1.97. The molecule has 1 aliphatic rings. The lowest BCUT2D eigenvalue weighted by Gasteiger charge is -2.21. The fourth-order valence-electron chi connectivity index (χ4n) is 2.25. The molecule has 0 bridgehead atoms. The molecule has 2 rings (SSSR count). The number of aromatic nitrogens is 1. The van der Waals surface area contributed by atoms with Crippen LogP contribution in [0, 0.1) is 16.0 Å². The van der Waals surface area contributed by atoms with Crippen LogP contribution in [-0.2, 0) is 0 Å². The van der Waals surface area contributed by atoms with Gasteiger partial charge >= 0.3 is 0 Å². The zero-order valence-electron chi connectivity index (χ0n) is 10.2. The first-order valence-corrected chi connectivity index (χ1v) is 6.20. The second-order valence-corrected chi connectivity index (χ2v) is 4.66. The molecular weight excluding hydrogens is 234 g/mol. The van der Waals surface area contributed by atoms with Crippen molar-refractivity contribution < 1.29 is 9.66 Å². The Kier molecular flexibility index (Phi) is 3.96. The third-order valence-electron chi connectivity index (χ3n) is 3.21. The number of rotatable bonds is 4. The number of nitro groups is 1. The van der Waals surface area contributed by atoms with Gasteiger partial charge in [0, 0.05) is 0 Å². The number of ether oxygens (including phenoxy) is 1. The van der Waals surface area contributed by atoms with E-state index in [1.54, 1.807) is 0 Å². The summed E-state index contributed by atoms with van der Waals surface area (Å²) in [6.07, 6.45) is 6.07. The van der Waals surface area contributed by atoms with Crippen LogP contribution in [0.4, 0.5) is 11.5 Å². The van der Waals surface area contributed by atoms with Crippen LogP contribution in [0.3, 0.4) is 0 Å². The maximum atomic E-state index is 10.7. The highest BCUT2D eigenvalue weighted by Gasteiger charge is 2.16. The Hall–Kier alpha value is -1.85. The molecule has 0 radical (unpaired) electrons. The van der Waals surface area contributed by atoms with Gasteiger partial charge in [0.05, 0.1) is 23.7 Å². The van der Waals surface area contributed by atoms with Crippen molar-refractivity contribution in [2.45, 2.75) is 32.1 Å². The number of hydrogen-bond acceptors (Lipinski definition) is 5. The van der Waals surface area contributed by atoms with Crippen LogP contribution in [0.25, 0.3) is 0 Å². The van der Waals surface area contributed by atoms with Gasteiger partial charge in [0.1, 0.15) is 5.82 Å². The Morgan fingerprint density at radius 1 is 1.39 bits per heavy atom. The van der Waals surface area contributed by atoms with E-state index in [1.807, 2.05) is 0 Å². The predicted octanol–water partition coefficient (Wildman–Crippen LogP) is 2.53. The first-order chi connectivity index (χ1) is 8.65. The predicted molar refractivity (Wildman–Crippen MR) is 67.4 cm³/mol.